The van der Waals surface area contributed by atoms with Gasteiger partial charge in [0.1, 0.15) is 0 Å². The van der Waals surface area contributed by atoms with Crippen LogP contribution in [0.25, 0.3) is 0 Å². The van der Waals surface area contributed by atoms with E-state index < -0.39 is 0 Å². The van der Waals surface area contributed by atoms with Gasteiger partial charge in [0.2, 0.25) is 0 Å². The molecule has 0 unspecified atom stereocenters. The van der Waals surface area contributed by atoms with Crippen LogP contribution in [0, 0.1) is 0 Å². The molecule has 0 aliphatic carbocycles. The van der Waals surface area contributed by atoms with Gasteiger partial charge in [-0.05, 0) is 6.07 Å². The highest BCUT2D eigenvalue weighted by Crippen LogP contribution is 2.24. The predicted octanol–water partition coefficient (Wildman–Crippen LogP) is 5.14. The molecule has 0 saturated carbocycles. The molecule has 0 bridgehead atoms. The molecule has 0 atom stereocenters. The van der Waals surface area contributed by atoms with Crippen LogP contribution in [0.15, 0.2) is 47.7 Å². The van der Waals surface area contributed by atoms with Crippen LogP contribution >= 0.6 is 0 Å². The van der Waals surface area contributed by atoms with Crippen molar-refractivity contribution < 1.29 is 0 Å². The van der Waals surface area contributed by atoms with Gasteiger partial charge in [-0.15, -0.1) is 13.2 Å². The molecule has 1 aromatic carbocycles. The van der Waals surface area contributed by atoms with Crippen molar-refractivity contribution in [3.8, 4) is 0 Å². The fraction of sp³-hybridized carbons (Fsp3) is 0.385. The summed E-state index contributed by atoms with van der Waals surface area (Å²) in [6, 6.07) is 8.01. The van der Waals surface area contributed by atoms with E-state index in [-0.39, 0.29) is 0 Å². The van der Waals surface area contributed by atoms with Crippen LogP contribution in [-0.2, 0) is 6.54 Å². The first kappa shape index (κ1) is 16.0. The van der Waals surface area contributed by atoms with Crippen molar-refractivity contribution in [2.24, 2.45) is 10.2 Å². The molecule has 0 radical (unpaired) electrons. The van der Waals surface area contributed by atoms with Gasteiger partial charge < -0.3 is 0 Å². The minimum Gasteiger partial charge on any atom is -0.184 e. The Morgan fingerprint density at radius 2 is 1.53 bits per heavy atom. The van der Waals surface area contributed by atoms with Gasteiger partial charge in [0, 0.05) is 5.56 Å². The van der Waals surface area contributed by atoms with E-state index in [9.17, 15) is 0 Å². The smallest absolute Gasteiger partial charge is 0.0904 e. The fourth-order valence-corrected chi connectivity index (χ4v) is 0.930. The fourth-order valence-electron chi connectivity index (χ4n) is 0.930. The van der Waals surface area contributed by atoms with E-state index in [2.05, 4.69) is 29.5 Å². The third-order valence-corrected chi connectivity index (χ3v) is 1.41. The number of rotatable bonds is 0. The second-order valence-electron chi connectivity index (χ2n) is 2.03. The van der Waals surface area contributed by atoms with E-state index >= 15 is 0 Å². The lowest BCUT2D eigenvalue weighted by Gasteiger charge is -1.88. The molecule has 1 aliphatic heterocycles. The van der Waals surface area contributed by atoms with Crippen molar-refractivity contribution in [1.29, 1.82) is 0 Å². The summed E-state index contributed by atoms with van der Waals surface area (Å²) in [7, 11) is 0. The van der Waals surface area contributed by atoms with E-state index in [0.717, 1.165) is 12.2 Å². The number of nitrogens with zero attached hydrogens (tertiary/aromatic N) is 2. The van der Waals surface area contributed by atoms with Crippen molar-refractivity contribution in [1.82, 2.24) is 0 Å². The molecule has 0 saturated heterocycles. The van der Waals surface area contributed by atoms with Crippen LogP contribution in [0.5, 0.6) is 0 Å². The molecule has 1 aromatic rings. The summed E-state index contributed by atoms with van der Waals surface area (Å²) in [5, 5.41) is 7.80. The lowest BCUT2D eigenvalue weighted by Crippen LogP contribution is -1.71. The van der Waals surface area contributed by atoms with Crippen molar-refractivity contribution in [3.05, 3.63) is 43.0 Å². The molecule has 84 valence electrons. The van der Waals surface area contributed by atoms with Gasteiger partial charge in [-0.1, -0.05) is 45.9 Å². The monoisotopic (exact) mass is 206 g/mol. The summed E-state index contributed by atoms with van der Waals surface area (Å²) in [6.07, 6.45) is 0. The number of hydrogen-bond donors (Lipinski definition) is 0. The minimum atomic E-state index is 0.760. The SMILES string of the molecule is C=C.CC.CC.c1ccc2c(c1)CN=N2. The number of hydrogen-bond acceptors (Lipinski definition) is 2. The summed E-state index contributed by atoms with van der Waals surface area (Å²) < 4.78 is 0. The van der Waals surface area contributed by atoms with E-state index in [0.29, 0.717) is 0 Å². The molecule has 2 nitrogen and oxygen atoms in total. The van der Waals surface area contributed by atoms with Crippen molar-refractivity contribution in [2.45, 2.75) is 34.2 Å². The van der Waals surface area contributed by atoms with Crippen molar-refractivity contribution in [2.75, 3.05) is 0 Å². The number of fused-ring (bicyclic) bond motifs is 1. The zero-order valence-corrected chi connectivity index (χ0v) is 10.3. The maximum Gasteiger partial charge on any atom is 0.0904 e. The molecule has 0 N–H and O–H groups in total. The van der Waals surface area contributed by atoms with E-state index in [1.54, 1.807) is 0 Å². The topological polar surface area (TPSA) is 24.7 Å². The number of benzene rings is 1. The van der Waals surface area contributed by atoms with Gasteiger partial charge in [0.25, 0.3) is 0 Å². The van der Waals surface area contributed by atoms with Gasteiger partial charge in [-0.2, -0.15) is 10.2 Å². The quantitative estimate of drug-likeness (QED) is 0.525. The second kappa shape index (κ2) is 12.6. The first-order valence-corrected chi connectivity index (χ1v) is 5.42. The third kappa shape index (κ3) is 5.78. The Morgan fingerprint density at radius 3 is 2.07 bits per heavy atom. The molecular formula is C13H22N2. The first-order chi connectivity index (χ1) is 7.47. The molecule has 2 heteroatoms. The molecule has 15 heavy (non-hydrogen) atoms. The third-order valence-electron chi connectivity index (χ3n) is 1.41. The van der Waals surface area contributed by atoms with Crippen LogP contribution in [0.3, 0.4) is 0 Å². The van der Waals surface area contributed by atoms with Crippen LogP contribution in [-0.4, -0.2) is 0 Å². The largest absolute Gasteiger partial charge is 0.184 e. The molecule has 0 aromatic heterocycles. The zero-order chi connectivity index (χ0) is 12.1. The number of azo groups is 1. The zero-order valence-electron chi connectivity index (χ0n) is 10.3. The molecule has 0 amide bonds. The van der Waals surface area contributed by atoms with Crippen LogP contribution in [0.1, 0.15) is 33.3 Å². The normalized spacial score (nSPS) is 9.33. The standard InChI is InChI=1S/C7H6N2.2C2H6.C2H4/c1-2-4-7-6(3-1)5-8-9-7;3*1-2/h1-4H,5H2;2*1-2H3;1-2H2. The maximum absolute atomic E-state index is 3.92. The first-order valence-electron chi connectivity index (χ1n) is 5.42. The Labute approximate surface area is 93.8 Å². The average Bonchev–Trinajstić information content (AvgIpc) is 2.85. The molecule has 1 aliphatic rings. The summed E-state index contributed by atoms with van der Waals surface area (Å²) >= 11 is 0. The Morgan fingerprint density at radius 1 is 1.00 bits per heavy atom. The molecule has 1 heterocycles. The lowest BCUT2D eigenvalue weighted by molar-refractivity contribution is 1.04. The summed E-state index contributed by atoms with van der Waals surface area (Å²) in [6.45, 7) is 14.8. The second-order valence-corrected chi connectivity index (χ2v) is 2.03. The Balaban J connectivity index is 0. The summed E-state index contributed by atoms with van der Waals surface area (Å²) in [5.41, 5.74) is 2.26. The lowest BCUT2D eigenvalue weighted by atomic mass is 10.2. The van der Waals surface area contributed by atoms with Gasteiger partial charge in [0.15, 0.2) is 0 Å². The Bertz CT molecular complexity index is 267. The van der Waals surface area contributed by atoms with Crippen LogP contribution in [0.2, 0.25) is 0 Å². The van der Waals surface area contributed by atoms with Gasteiger partial charge in [0.05, 0.1) is 12.2 Å². The summed E-state index contributed by atoms with van der Waals surface area (Å²) in [5.74, 6) is 0. The average molecular weight is 206 g/mol. The molecule has 0 spiro atoms. The van der Waals surface area contributed by atoms with Crippen molar-refractivity contribution >= 4 is 5.69 Å². The Kier molecular flexibility index (Phi) is 13.4. The van der Waals surface area contributed by atoms with Crippen LogP contribution < -0.4 is 0 Å². The highest BCUT2D eigenvalue weighted by molar-refractivity contribution is 5.46. The van der Waals surface area contributed by atoms with Gasteiger partial charge in [-0.25, -0.2) is 0 Å². The minimum absolute atomic E-state index is 0.760. The van der Waals surface area contributed by atoms with E-state index in [4.69, 9.17) is 0 Å². The van der Waals surface area contributed by atoms with Gasteiger partial charge in [-0.3, -0.25) is 0 Å². The highest BCUT2D eigenvalue weighted by Gasteiger charge is 2.03. The van der Waals surface area contributed by atoms with E-state index in [1.165, 1.54) is 5.56 Å². The van der Waals surface area contributed by atoms with E-state index in [1.807, 2.05) is 45.9 Å². The summed E-state index contributed by atoms with van der Waals surface area (Å²) in [4.78, 5) is 0. The van der Waals surface area contributed by atoms with Gasteiger partial charge >= 0.3 is 0 Å². The molecular weight excluding hydrogens is 184 g/mol. The predicted molar refractivity (Wildman–Crippen MR) is 68.6 cm³/mol. The Hall–Kier alpha value is -1.44. The molecule has 2 rings (SSSR count). The van der Waals surface area contributed by atoms with Crippen molar-refractivity contribution in [3.63, 3.8) is 0 Å². The maximum atomic E-state index is 3.92. The van der Waals surface area contributed by atoms with Crippen LogP contribution in [0.4, 0.5) is 5.69 Å². The molecule has 0 fully saturated rings. The highest BCUT2D eigenvalue weighted by atomic mass is 15.1.